The van der Waals surface area contributed by atoms with E-state index < -0.39 is 6.09 Å². The molecule has 5 nitrogen and oxygen atoms in total. The van der Waals surface area contributed by atoms with E-state index >= 15 is 0 Å². The first-order valence-electron chi connectivity index (χ1n) is 5.87. The number of halogens is 1. The van der Waals surface area contributed by atoms with Gasteiger partial charge in [0, 0.05) is 6.04 Å². The van der Waals surface area contributed by atoms with E-state index in [0.29, 0.717) is 12.8 Å². The topological polar surface area (TPSA) is 67.8 Å². The molecule has 0 bridgehead atoms. The van der Waals surface area contributed by atoms with Crippen LogP contribution < -0.4 is 14.8 Å². The second-order valence-electron chi connectivity index (χ2n) is 4.19. The third kappa shape index (κ3) is 4.63. The fourth-order valence-corrected chi connectivity index (χ4v) is 2.26. The summed E-state index contributed by atoms with van der Waals surface area (Å²) in [6.07, 6.45) is 0.384. The average molecular weight is 332 g/mol. The Bertz CT molecular complexity index is 451. The maximum atomic E-state index is 10.5. The van der Waals surface area contributed by atoms with E-state index in [1.807, 2.05) is 19.1 Å². The van der Waals surface area contributed by atoms with E-state index in [0.717, 1.165) is 21.5 Å². The molecular weight excluding hydrogens is 314 g/mol. The first-order chi connectivity index (χ1) is 8.97. The minimum Gasteiger partial charge on any atom is -0.496 e. The zero-order valence-corrected chi connectivity index (χ0v) is 12.8. The Balaban J connectivity index is 2.79. The summed E-state index contributed by atoms with van der Waals surface area (Å²) in [5, 5.41) is 11.1. The van der Waals surface area contributed by atoms with Crippen LogP contribution in [0.25, 0.3) is 0 Å². The smallest absolute Gasteiger partial charge is 0.404 e. The summed E-state index contributed by atoms with van der Waals surface area (Å²) in [6, 6.07) is 3.64. The van der Waals surface area contributed by atoms with Crippen LogP contribution in [0.2, 0.25) is 0 Å². The fraction of sp³-hybridized carbons (Fsp3) is 0.462. The van der Waals surface area contributed by atoms with Crippen LogP contribution in [-0.2, 0) is 6.42 Å². The largest absolute Gasteiger partial charge is 0.496 e. The maximum absolute atomic E-state index is 10.5. The van der Waals surface area contributed by atoms with E-state index in [1.165, 1.54) is 0 Å². The monoisotopic (exact) mass is 331 g/mol. The van der Waals surface area contributed by atoms with Crippen molar-refractivity contribution in [3.63, 3.8) is 0 Å². The number of carboxylic acid groups (broad SMARTS) is 1. The van der Waals surface area contributed by atoms with Crippen molar-refractivity contribution >= 4 is 22.0 Å². The quantitative estimate of drug-likeness (QED) is 0.840. The summed E-state index contributed by atoms with van der Waals surface area (Å²) in [7, 11) is 3.21. The summed E-state index contributed by atoms with van der Waals surface area (Å²) >= 11 is 3.40. The molecule has 1 amide bonds. The van der Waals surface area contributed by atoms with Crippen molar-refractivity contribution in [1.82, 2.24) is 5.32 Å². The Morgan fingerprint density at radius 1 is 1.37 bits per heavy atom. The number of nitrogens with one attached hydrogen (secondary N) is 1. The van der Waals surface area contributed by atoms with E-state index in [-0.39, 0.29) is 6.04 Å². The van der Waals surface area contributed by atoms with Gasteiger partial charge in [-0.1, -0.05) is 0 Å². The Labute approximate surface area is 121 Å². The lowest BCUT2D eigenvalue weighted by Gasteiger charge is -2.15. The van der Waals surface area contributed by atoms with Crippen molar-refractivity contribution < 1.29 is 19.4 Å². The predicted octanol–water partition coefficient (Wildman–Crippen LogP) is 3.06. The summed E-state index contributed by atoms with van der Waals surface area (Å²) in [5.74, 6) is 1.49. The van der Waals surface area contributed by atoms with Crippen molar-refractivity contribution in [2.75, 3.05) is 14.2 Å². The van der Waals surface area contributed by atoms with Gasteiger partial charge in [0.25, 0.3) is 0 Å². The zero-order valence-electron chi connectivity index (χ0n) is 11.2. The highest BCUT2D eigenvalue weighted by Crippen LogP contribution is 2.33. The van der Waals surface area contributed by atoms with Crippen molar-refractivity contribution in [2.24, 2.45) is 0 Å². The van der Waals surface area contributed by atoms with Gasteiger partial charge in [0.05, 0.1) is 18.7 Å². The molecule has 0 saturated carbocycles. The van der Waals surface area contributed by atoms with Crippen molar-refractivity contribution in [2.45, 2.75) is 25.8 Å². The van der Waals surface area contributed by atoms with E-state index in [4.69, 9.17) is 14.6 Å². The number of carbonyl (C=O) groups is 1. The van der Waals surface area contributed by atoms with Crippen molar-refractivity contribution in [3.8, 4) is 11.5 Å². The Morgan fingerprint density at radius 2 is 2.00 bits per heavy atom. The summed E-state index contributed by atoms with van der Waals surface area (Å²) in [6.45, 7) is 1.83. The highest BCUT2D eigenvalue weighted by molar-refractivity contribution is 9.10. The molecule has 1 rings (SSSR count). The van der Waals surface area contributed by atoms with Crippen LogP contribution in [0.5, 0.6) is 11.5 Å². The fourth-order valence-electron chi connectivity index (χ4n) is 1.77. The molecule has 0 aliphatic carbocycles. The molecular formula is C13H18BrNO4. The van der Waals surface area contributed by atoms with E-state index in [9.17, 15) is 4.79 Å². The minimum absolute atomic E-state index is 0.114. The van der Waals surface area contributed by atoms with E-state index in [2.05, 4.69) is 21.2 Å². The number of amides is 1. The van der Waals surface area contributed by atoms with Gasteiger partial charge in [0.15, 0.2) is 0 Å². The normalized spacial score (nSPS) is 11.8. The molecule has 0 aliphatic heterocycles. The molecule has 106 valence electrons. The third-order valence-electron chi connectivity index (χ3n) is 2.77. The molecule has 19 heavy (non-hydrogen) atoms. The van der Waals surface area contributed by atoms with Gasteiger partial charge in [0.2, 0.25) is 0 Å². The molecule has 0 fully saturated rings. The Kier molecular flexibility index (Phi) is 5.95. The first-order valence-corrected chi connectivity index (χ1v) is 6.67. The lowest BCUT2D eigenvalue weighted by atomic mass is 10.0. The average Bonchev–Trinajstić information content (AvgIpc) is 2.35. The van der Waals surface area contributed by atoms with Crippen LogP contribution in [-0.4, -0.2) is 31.5 Å². The lowest BCUT2D eigenvalue weighted by molar-refractivity contribution is 0.190. The number of hydrogen-bond donors (Lipinski definition) is 2. The van der Waals surface area contributed by atoms with Crippen LogP contribution in [0, 0.1) is 0 Å². The van der Waals surface area contributed by atoms with Gasteiger partial charge in [-0.25, -0.2) is 4.79 Å². The van der Waals surface area contributed by atoms with Gasteiger partial charge < -0.3 is 19.9 Å². The number of aryl methyl sites for hydroxylation is 1. The summed E-state index contributed by atoms with van der Waals surface area (Å²) < 4.78 is 11.4. The molecule has 1 unspecified atom stereocenters. The van der Waals surface area contributed by atoms with Crippen molar-refractivity contribution in [3.05, 3.63) is 22.2 Å². The minimum atomic E-state index is -1.01. The van der Waals surface area contributed by atoms with Crippen LogP contribution in [0.15, 0.2) is 16.6 Å². The van der Waals surface area contributed by atoms with Crippen LogP contribution in [0.4, 0.5) is 4.79 Å². The van der Waals surface area contributed by atoms with Crippen LogP contribution in [0.1, 0.15) is 18.9 Å². The highest BCUT2D eigenvalue weighted by atomic mass is 79.9. The molecule has 0 spiro atoms. The standard InChI is InChI=1S/C13H18BrNO4/c1-8(15-13(16)17)4-5-9-6-12(19-3)10(14)7-11(9)18-2/h6-8,15H,4-5H2,1-3H3,(H,16,17). The number of hydrogen-bond acceptors (Lipinski definition) is 3. The second-order valence-corrected chi connectivity index (χ2v) is 5.04. The van der Waals surface area contributed by atoms with Crippen molar-refractivity contribution in [1.29, 1.82) is 0 Å². The number of rotatable bonds is 6. The predicted molar refractivity (Wildman–Crippen MR) is 76.2 cm³/mol. The molecule has 2 N–H and O–H groups in total. The summed E-state index contributed by atoms with van der Waals surface area (Å²) in [5.41, 5.74) is 0.988. The first kappa shape index (κ1) is 15.6. The van der Waals surface area contributed by atoms with E-state index in [1.54, 1.807) is 14.2 Å². The van der Waals surface area contributed by atoms with Gasteiger partial charge in [-0.3, -0.25) is 0 Å². The van der Waals surface area contributed by atoms with Gasteiger partial charge in [-0.05, 0) is 53.4 Å². The van der Waals surface area contributed by atoms with Gasteiger partial charge >= 0.3 is 6.09 Å². The Morgan fingerprint density at radius 3 is 2.53 bits per heavy atom. The highest BCUT2D eigenvalue weighted by Gasteiger charge is 2.12. The molecule has 0 saturated heterocycles. The number of methoxy groups -OCH3 is 2. The number of ether oxygens (including phenoxy) is 2. The van der Waals surface area contributed by atoms with Gasteiger partial charge in [-0.2, -0.15) is 0 Å². The molecule has 1 aromatic carbocycles. The van der Waals surface area contributed by atoms with Crippen LogP contribution >= 0.6 is 15.9 Å². The Hall–Kier alpha value is -1.43. The second kappa shape index (κ2) is 7.23. The molecule has 1 aromatic rings. The summed E-state index contributed by atoms with van der Waals surface area (Å²) in [4.78, 5) is 10.5. The third-order valence-corrected chi connectivity index (χ3v) is 3.39. The van der Waals surface area contributed by atoms with Crippen LogP contribution in [0.3, 0.4) is 0 Å². The molecule has 6 heteroatoms. The molecule has 1 atom stereocenters. The molecule has 0 aromatic heterocycles. The lowest BCUT2D eigenvalue weighted by Crippen LogP contribution is -2.31. The van der Waals surface area contributed by atoms with Gasteiger partial charge in [0.1, 0.15) is 11.5 Å². The maximum Gasteiger partial charge on any atom is 0.404 e. The molecule has 0 radical (unpaired) electrons. The molecule has 0 heterocycles. The SMILES string of the molecule is COc1cc(CCC(C)NC(=O)O)c(OC)cc1Br. The zero-order chi connectivity index (χ0) is 14.4. The number of benzene rings is 1. The van der Waals surface area contributed by atoms with Gasteiger partial charge in [-0.15, -0.1) is 0 Å². The molecule has 0 aliphatic rings.